The van der Waals surface area contributed by atoms with Gasteiger partial charge in [-0.05, 0) is 54.7 Å². The van der Waals surface area contributed by atoms with Gasteiger partial charge in [-0.3, -0.25) is 9.59 Å². The molecule has 2 heterocycles. The molecule has 1 saturated heterocycles. The molecule has 1 fully saturated rings. The van der Waals surface area contributed by atoms with Crippen molar-refractivity contribution in [2.45, 2.75) is 31.8 Å². The Labute approximate surface area is 182 Å². The number of carbonyl (C=O) groups is 2. The Bertz CT molecular complexity index is 950. The lowest BCUT2D eigenvalue weighted by Crippen LogP contribution is -2.49. The summed E-state index contributed by atoms with van der Waals surface area (Å²) in [5, 5.41) is 0.803. The molecule has 1 unspecified atom stereocenters. The Morgan fingerprint density at radius 1 is 1.11 bits per heavy atom. The van der Waals surface area contributed by atoms with Gasteiger partial charge in [-0.15, -0.1) is 0 Å². The van der Waals surface area contributed by atoms with Crippen LogP contribution in [0.15, 0.2) is 40.9 Å². The number of amides is 2. The van der Waals surface area contributed by atoms with Crippen molar-refractivity contribution < 1.29 is 9.59 Å². The maximum Gasteiger partial charge on any atom is 0.256 e. The summed E-state index contributed by atoms with van der Waals surface area (Å²) >= 11 is 15.8. The fraction of sp³-hybridized carbons (Fsp3) is 0.333. The maximum absolute atomic E-state index is 13.3. The first-order chi connectivity index (χ1) is 13.5. The third kappa shape index (κ3) is 3.68. The average molecular weight is 482 g/mol. The van der Waals surface area contributed by atoms with E-state index in [1.54, 1.807) is 23.1 Å². The number of hydrogen-bond acceptors (Lipinski definition) is 2. The van der Waals surface area contributed by atoms with Crippen LogP contribution in [0, 0.1) is 0 Å². The van der Waals surface area contributed by atoms with Crippen LogP contribution in [0.4, 0.5) is 0 Å². The Morgan fingerprint density at radius 3 is 2.75 bits per heavy atom. The lowest BCUT2D eigenvalue weighted by Gasteiger charge is -2.34. The van der Waals surface area contributed by atoms with Crippen molar-refractivity contribution in [1.82, 2.24) is 9.80 Å². The largest absolute Gasteiger partial charge is 0.336 e. The first-order valence-electron chi connectivity index (χ1n) is 9.27. The minimum Gasteiger partial charge on any atom is -0.336 e. The Hall–Kier alpha value is -1.56. The lowest BCUT2D eigenvalue weighted by molar-refractivity contribution is -0.136. The van der Waals surface area contributed by atoms with Crippen LogP contribution < -0.4 is 0 Å². The minimum absolute atomic E-state index is 0.00891. The molecule has 4 rings (SSSR count). The number of rotatable bonds is 2. The molecular formula is C21H19BrCl2N2O2. The quantitative estimate of drug-likeness (QED) is 0.609. The average Bonchev–Trinajstić information content (AvgIpc) is 3.18. The second kappa shape index (κ2) is 8.05. The van der Waals surface area contributed by atoms with Crippen molar-refractivity contribution in [2.75, 3.05) is 13.1 Å². The highest BCUT2D eigenvalue weighted by Gasteiger charge is 2.38. The van der Waals surface area contributed by atoms with Crippen molar-refractivity contribution >= 4 is 50.9 Å². The molecule has 0 saturated carbocycles. The molecule has 2 aliphatic rings. The lowest BCUT2D eigenvalue weighted by atomic mass is 9.99. The number of benzene rings is 2. The second-order valence-corrected chi connectivity index (χ2v) is 8.87. The zero-order chi connectivity index (χ0) is 19.8. The van der Waals surface area contributed by atoms with Gasteiger partial charge in [0.1, 0.15) is 6.04 Å². The molecule has 2 aromatic carbocycles. The van der Waals surface area contributed by atoms with Crippen LogP contribution in [-0.4, -0.2) is 40.7 Å². The van der Waals surface area contributed by atoms with Crippen molar-refractivity contribution in [3.05, 3.63) is 67.6 Å². The Balaban J connectivity index is 1.54. The van der Waals surface area contributed by atoms with E-state index >= 15 is 0 Å². The predicted octanol–water partition coefficient (Wildman–Crippen LogP) is 4.95. The summed E-state index contributed by atoms with van der Waals surface area (Å²) < 4.78 is 1.09. The summed E-state index contributed by atoms with van der Waals surface area (Å²) in [6, 6.07) is 10.5. The van der Waals surface area contributed by atoms with Gasteiger partial charge in [0, 0.05) is 29.1 Å². The number of fused-ring (bicyclic) bond motifs is 1. The molecule has 1 atom stereocenters. The molecule has 2 aliphatic heterocycles. The zero-order valence-electron chi connectivity index (χ0n) is 15.1. The first kappa shape index (κ1) is 19.7. The van der Waals surface area contributed by atoms with E-state index in [1.165, 1.54) is 5.56 Å². The third-order valence-corrected chi connectivity index (χ3v) is 6.79. The summed E-state index contributed by atoms with van der Waals surface area (Å²) in [7, 11) is 0. The van der Waals surface area contributed by atoms with E-state index in [2.05, 4.69) is 22.0 Å². The van der Waals surface area contributed by atoms with Crippen LogP contribution in [0.2, 0.25) is 10.0 Å². The SMILES string of the molecule is O=C(C1CCCN1C(=O)c1cc(Cl)ccc1Cl)N1CCc2c(Br)cccc2C1. The molecule has 0 aromatic heterocycles. The van der Waals surface area contributed by atoms with Gasteiger partial charge in [0.05, 0.1) is 10.6 Å². The highest BCUT2D eigenvalue weighted by molar-refractivity contribution is 9.10. The number of likely N-dealkylation sites (tertiary alicyclic amines) is 1. The molecule has 2 aromatic rings. The molecule has 0 bridgehead atoms. The van der Waals surface area contributed by atoms with Crippen LogP contribution in [0.5, 0.6) is 0 Å². The molecule has 146 valence electrons. The maximum atomic E-state index is 13.3. The second-order valence-electron chi connectivity index (χ2n) is 7.17. The number of hydrogen-bond donors (Lipinski definition) is 0. The molecular weight excluding hydrogens is 463 g/mol. The van der Waals surface area contributed by atoms with Crippen molar-refractivity contribution in [3.8, 4) is 0 Å². The van der Waals surface area contributed by atoms with E-state index in [0.717, 1.165) is 22.9 Å². The fourth-order valence-corrected chi connectivity index (χ4v) is 5.02. The number of nitrogens with zero attached hydrogens (tertiary/aromatic N) is 2. The Kier molecular flexibility index (Phi) is 5.68. The molecule has 0 aliphatic carbocycles. The third-order valence-electron chi connectivity index (χ3n) is 5.48. The van der Waals surface area contributed by atoms with Gasteiger partial charge >= 0.3 is 0 Å². The number of carbonyl (C=O) groups excluding carboxylic acids is 2. The predicted molar refractivity (Wildman–Crippen MR) is 114 cm³/mol. The van der Waals surface area contributed by atoms with Crippen LogP contribution >= 0.6 is 39.1 Å². The van der Waals surface area contributed by atoms with E-state index < -0.39 is 6.04 Å². The molecule has 28 heavy (non-hydrogen) atoms. The first-order valence-corrected chi connectivity index (χ1v) is 10.8. The normalized spacial score (nSPS) is 18.9. The van der Waals surface area contributed by atoms with E-state index in [1.807, 2.05) is 17.0 Å². The van der Waals surface area contributed by atoms with Crippen molar-refractivity contribution in [2.24, 2.45) is 0 Å². The molecule has 2 amide bonds. The van der Waals surface area contributed by atoms with Gasteiger partial charge in [-0.25, -0.2) is 0 Å². The van der Waals surface area contributed by atoms with Crippen LogP contribution in [0.3, 0.4) is 0 Å². The molecule has 7 heteroatoms. The van der Waals surface area contributed by atoms with Gasteiger partial charge in [-0.2, -0.15) is 0 Å². The minimum atomic E-state index is -0.448. The summed E-state index contributed by atoms with van der Waals surface area (Å²) in [6.07, 6.45) is 2.28. The highest BCUT2D eigenvalue weighted by atomic mass is 79.9. The van der Waals surface area contributed by atoms with Gasteiger partial charge in [0.2, 0.25) is 5.91 Å². The van der Waals surface area contributed by atoms with E-state index in [9.17, 15) is 9.59 Å². The van der Waals surface area contributed by atoms with E-state index in [0.29, 0.717) is 41.7 Å². The van der Waals surface area contributed by atoms with Crippen molar-refractivity contribution in [1.29, 1.82) is 0 Å². The van der Waals surface area contributed by atoms with Gasteiger partial charge < -0.3 is 9.80 Å². The van der Waals surface area contributed by atoms with Crippen LogP contribution in [0.1, 0.15) is 34.3 Å². The van der Waals surface area contributed by atoms with Gasteiger partial charge in [-0.1, -0.05) is 51.3 Å². The fourth-order valence-electron chi connectivity index (χ4n) is 4.04. The zero-order valence-corrected chi connectivity index (χ0v) is 18.2. The Morgan fingerprint density at radius 2 is 1.93 bits per heavy atom. The van der Waals surface area contributed by atoms with Crippen LogP contribution in [0.25, 0.3) is 0 Å². The van der Waals surface area contributed by atoms with Gasteiger partial charge in [0.25, 0.3) is 5.91 Å². The van der Waals surface area contributed by atoms with Crippen molar-refractivity contribution in [3.63, 3.8) is 0 Å². The standard InChI is InChI=1S/C21H19BrCl2N2O2/c22-17-4-1-3-13-12-25(10-8-15(13)17)21(28)19-5-2-9-26(19)20(27)16-11-14(23)6-7-18(16)24/h1,3-4,6-7,11,19H,2,5,8-10,12H2. The van der Waals surface area contributed by atoms with Crippen LogP contribution in [-0.2, 0) is 17.8 Å². The molecule has 0 radical (unpaired) electrons. The van der Waals surface area contributed by atoms with E-state index in [4.69, 9.17) is 23.2 Å². The molecule has 0 spiro atoms. The number of halogens is 3. The summed E-state index contributed by atoms with van der Waals surface area (Å²) in [5.74, 6) is -0.224. The monoisotopic (exact) mass is 480 g/mol. The molecule has 0 N–H and O–H groups in total. The summed E-state index contributed by atoms with van der Waals surface area (Å²) in [5.41, 5.74) is 2.76. The summed E-state index contributed by atoms with van der Waals surface area (Å²) in [4.78, 5) is 29.8. The summed E-state index contributed by atoms with van der Waals surface area (Å²) in [6.45, 7) is 1.78. The molecule has 4 nitrogen and oxygen atoms in total. The smallest absolute Gasteiger partial charge is 0.256 e. The topological polar surface area (TPSA) is 40.6 Å². The van der Waals surface area contributed by atoms with Gasteiger partial charge in [0.15, 0.2) is 0 Å². The van der Waals surface area contributed by atoms with E-state index in [-0.39, 0.29) is 11.8 Å². The highest BCUT2D eigenvalue weighted by Crippen LogP contribution is 2.30.